The first kappa shape index (κ1) is 24.5. The summed E-state index contributed by atoms with van der Waals surface area (Å²) in [5.41, 5.74) is 9.97. The Morgan fingerprint density at radius 2 is 1.38 bits per heavy atom. The van der Waals surface area contributed by atoms with E-state index in [0.717, 1.165) is 0 Å². The Kier molecular flexibility index (Phi) is 5.50. The van der Waals surface area contributed by atoms with Crippen molar-refractivity contribution in [3.8, 4) is 22.3 Å². The van der Waals surface area contributed by atoms with Crippen LogP contribution in [0.5, 0.6) is 0 Å². The Hall–Kier alpha value is -2.88. The third-order valence-electron chi connectivity index (χ3n) is 9.39. The van der Waals surface area contributed by atoms with Crippen LogP contribution >= 0.6 is 0 Å². The largest absolute Gasteiger partial charge is 0.490 e. The Morgan fingerprint density at radius 1 is 0.703 bits per heavy atom. The molecule has 2 atom stereocenters. The second-order valence-electron chi connectivity index (χ2n) is 12.5. The molecule has 188 valence electrons. The van der Waals surface area contributed by atoms with Gasteiger partial charge in [0.2, 0.25) is 0 Å². The van der Waals surface area contributed by atoms with Crippen molar-refractivity contribution in [3.05, 3.63) is 107 Å². The van der Waals surface area contributed by atoms with Gasteiger partial charge in [-0.2, -0.15) is 0 Å². The van der Waals surface area contributed by atoms with E-state index >= 15 is 0 Å². The van der Waals surface area contributed by atoms with Crippen LogP contribution in [0.4, 0.5) is 0 Å². The summed E-state index contributed by atoms with van der Waals surface area (Å²) >= 11 is 0. The molecule has 6 rings (SSSR count). The first-order valence-electron chi connectivity index (χ1n) is 13.6. The molecule has 1 saturated heterocycles. The lowest BCUT2D eigenvalue weighted by Crippen LogP contribution is -2.41. The van der Waals surface area contributed by atoms with E-state index in [-0.39, 0.29) is 35.6 Å². The van der Waals surface area contributed by atoms with Crippen molar-refractivity contribution < 1.29 is 9.31 Å². The van der Waals surface area contributed by atoms with Crippen LogP contribution in [0.25, 0.3) is 22.3 Å². The summed E-state index contributed by atoms with van der Waals surface area (Å²) in [6.45, 7) is 15.4. The van der Waals surface area contributed by atoms with Crippen LogP contribution in [0.15, 0.2) is 90.4 Å². The molecule has 3 aromatic carbocycles. The second-order valence-corrected chi connectivity index (χ2v) is 12.5. The Bertz CT molecular complexity index is 1430. The van der Waals surface area contributed by atoms with Gasteiger partial charge in [-0.3, -0.25) is 0 Å². The first-order valence-corrected chi connectivity index (χ1v) is 13.6. The normalized spacial score (nSPS) is 24.5. The Labute approximate surface area is 222 Å². The van der Waals surface area contributed by atoms with E-state index in [1.165, 1.54) is 44.4 Å². The van der Waals surface area contributed by atoms with E-state index in [4.69, 9.17) is 9.31 Å². The fourth-order valence-electron chi connectivity index (χ4n) is 6.31. The highest BCUT2D eigenvalue weighted by Gasteiger charge is 2.53. The van der Waals surface area contributed by atoms with E-state index in [1.807, 2.05) is 0 Å². The summed E-state index contributed by atoms with van der Waals surface area (Å²) in [5, 5.41) is 0. The van der Waals surface area contributed by atoms with Crippen molar-refractivity contribution in [2.24, 2.45) is 5.92 Å². The number of benzene rings is 3. The maximum Gasteiger partial charge on any atom is 0.490 e. The van der Waals surface area contributed by atoms with Crippen molar-refractivity contribution in [1.29, 1.82) is 0 Å². The summed E-state index contributed by atoms with van der Waals surface area (Å²) in [5.74, 6) is 0.552. The zero-order valence-corrected chi connectivity index (χ0v) is 23.1. The van der Waals surface area contributed by atoms with E-state index < -0.39 is 0 Å². The SMILES string of the molecule is CC1C(B2OC(C)(C)C(C)(C)O2)=CC=CC1c1cccc(-c2ccc3c(c2)-c2ccccc2C3(C)C)c1. The molecule has 2 nitrogen and oxygen atoms in total. The molecule has 1 aliphatic heterocycles. The van der Waals surface area contributed by atoms with Gasteiger partial charge < -0.3 is 9.31 Å². The molecule has 3 aliphatic rings. The molecule has 37 heavy (non-hydrogen) atoms. The average molecular weight is 488 g/mol. The van der Waals surface area contributed by atoms with E-state index in [0.29, 0.717) is 0 Å². The highest BCUT2D eigenvalue weighted by molar-refractivity contribution is 6.55. The molecule has 0 spiro atoms. The summed E-state index contributed by atoms with van der Waals surface area (Å²) < 4.78 is 12.8. The minimum atomic E-state index is -0.338. The molecule has 0 amide bonds. The summed E-state index contributed by atoms with van der Waals surface area (Å²) in [4.78, 5) is 0. The van der Waals surface area contributed by atoms with Gasteiger partial charge in [0.25, 0.3) is 0 Å². The highest BCUT2D eigenvalue weighted by atomic mass is 16.7. The number of fused-ring (bicyclic) bond motifs is 3. The van der Waals surface area contributed by atoms with Gasteiger partial charge in [0, 0.05) is 11.3 Å². The molecule has 0 bridgehead atoms. The maximum atomic E-state index is 6.41. The first-order chi connectivity index (χ1) is 17.5. The molecular weight excluding hydrogens is 451 g/mol. The van der Waals surface area contributed by atoms with Gasteiger partial charge in [-0.25, -0.2) is 0 Å². The standard InChI is InChI=1S/C34H37BO2/c1-22-26(15-11-17-31(22)35-36-33(4,5)34(6,7)37-35)25-13-10-12-23(20-25)24-18-19-30-28(21-24)27-14-8-9-16-29(27)32(30,2)3/h8-22,26H,1-7H3. The van der Waals surface area contributed by atoms with Crippen molar-refractivity contribution in [3.63, 3.8) is 0 Å². The van der Waals surface area contributed by atoms with Crippen LogP contribution in [0.2, 0.25) is 0 Å². The molecule has 0 saturated carbocycles. The monoisotopic (exact) mass is 488 g/mol. The number of rotatable bonds is 3. The van der Waals surface area contributed by atoms with Crippen LogP contribution in [0, 0.1) is 5.92 Å². The molecular formula is C34H37BO2. The molecule has 3 heteroatoms. The fraction of sp³-hybridized carbons (Fsp3) is 0.353. The predicted molar refractivity (Wildman–Crippen MR) is 155 cm³/mol. The van der Waals surface area contributed by atoms with E-state index in [1.54, 1.807) is 0 Å². The van der Waals surface area contributed by atoms with Crippen LogP contribution in [-0.4, -0.2) is 18.3 Å². The lowest BCUT2D eigenvalue weighted by atomic mass is 9.64. The molecule has 0 aromatic heterocycles. The van der Waals surface area contributed by atoms with Crippen molar-refractivity contribution >= 4 is 7.12 Å². The minimum Gasteiger partial charge on any atom is -0.400 e. The fourth-order valence-corrected chi connectivity index (χ4v) is 6.31. The number of hydrogen-bond donors (Lipinski definition) is 0. The molecule has 0 radical (unpaired) electrons. The van der Waals surface area contributed by atoms with Gasteiger partial charge >= 0.3 is 7.12 Å². The maximum absolute atomic E-state index is 6.41. The Balaban J connectivity index is 1.31. The third kappa shape index (κ3) is 3.78. The van der Waals surface area contributed by atoms with E-state index in [2.05, 4.69) is 133 Å². The average Bonchev–Trinajstić information content (AvgIpc) is 3.23. The second kappa shape index (κ2) is 8.31. The van der Waals surface area contributed by atoms with Gasteiger partial charge in [-0.05, 0) is 84.1 Å². The van der Waals surface area contributed by atoms with Crippen molar-refractivity contribution in [1.82, 2.24) is 0 Å². The van der Waals surface area contributed by atoms with Gasteiger partial charge in [0.1, 0.15) is 0 Å². The van der Waals surface area contributed by atoms with Gasteiger partial charge in [-0.15, -0.1) is 0 Å². The summed E-state index contributed by atoms with van der Waals surface area (Å²) in [6.07, 6.45) is 6.68. The van der Waals surface area contributed by atoms with Gasteiger partial charge in [0.05, 0.1) is 11.2 Å². The van der Waals surface area contributed by atoms with Gasteiger partial charge in [-0.1, -0.05) is 99.7 Å². The topological polar surface area (TPSA) is 18.5 Å². The van der Waals surface area contributed by atoms with Gasteiger partial charge in [0.15, 0.2) is 0 Å². The third-order valence-corrected chi connectivity index (χ3v) is 9.39. The summed E-state index contributed by atoms with van der Waals surface area (Å²) in [7, 11) is -0.309. The van der Waals surface area contributed by atoms with Crippen LogP contribution in [0.1, 0.15) is 71.1 Å². The van der Waals surface area contributed by atoms with Crippen molar-refractivity contribution in [2.45, 2.75) is 71.0 Å². The number of allylic oxidation sites excluding steroid dienone is 4. The highest BCUT2D eigenvalue weighted by Crippen LogP contribution is 2.50. The van der Waals surface area contributed by atoms with E-state index in [9.17, 15) is 0 Å². The smallest absolute Gasteiger partial charge is 0.400 e. The summed E-state index contributed by atoms with van der Waals surface area (Å²) in [6, 6.07) is 24.9. The van der Waals surface area contributed by atoms with Crippen LogP contribution < -0.4 is 0 Å². The molecule has 2 aliphatic carbocycles. The quantitative estimate of drug-likeness (QED) is 0.344. The Morgan fingerprint density at radius 3 is 2.14 bits per heavy atom. The molecule has 0 N–H and O–H groups in total. The molecule has 2 unspecified atom stereocenters. The lowest BCUT2D eigenvalue weighted by Gasteiger charge is -2.32. The number of hydrogen-bond acceptors (Lipinski definition) is 2. The van der Waals surface area contributed by atoms with Crippen molar-refractivity contribution in [2.75, 3.05) is 0 Å². The van der Waals surface area contributed by atoms with Crippen LogP contribution in [-0.2, 0) is 14.7 Å². The van der Waals surface area contributed by atoms with Crippen LogP contribution in [0.3, 0.4) is 0 Å². The minimum absolute atomic E-state index is 0.0326. The molecule has 1 heterocycles. The zero-order chi connectivity index (χ0) is 26.2. The molecule has 1 fully saturated rings. The lowest BCUT2D eigenvalue weighted by molar-refractivity contribution is 0.00578. The molecule has 3 aromatic rings. The predicted octanol–water partition coefficient (Wildman–Crippen LogP) is 8.51. The zero-order valence-electron chi connectivity index (χ0n) is 23.1.